The second-order valence-corrected chi connectivity index (χ2v) is 18.0. The summed E-state index contributed by atoms with van der Waals surface area (Å²) in [7, 11) is 0. The van der Waals surface area contributed by atoms with Crippen LogP contribution in [0.25, 0.3) is 90.7 Å². The Bertz CT molecular complexity index is 3630. The van der Waals surface area contributed by atoms with Crippen molar-refractivity contribution in [3.63, 3.8) is 0 Å². The summed E-state index contributed by atoms with van der Waals surface area (Å²) in [5, 5.41) is 10.7. The van der Waals surface area contributed by atoms with Crippen LogP contribution < -0.4 is 0 Å². The summed E-state index contributed by atoms with van der Waals surface area (Å²) >= 11 is 0. The topological polar surface area (TPSA) is 135 Å². The number of H-pyrrole nitrogens is 4. The number of aromatic nitrogens is 8. The van der Waals surface area contributed by atoms with Crippen LogP contribution in [0.4, 0.5) is 0 Å². The Morgan fingerprint density at radius 1 is 0.400 bits per heavy atom. The number of fused-ring (bicyclic) bond motifs is 16. The number of aryl methyl sites for hydroxylation is 4. The molecule has 350 valence electrons. The Labute approximate surface area is 410 Å². The second-order valence-electron chi connectivity index (χ2n) is 18.0. The average molecular weight is 921 g/mol. The van der Waals surface area contributed by atoms with Crippen LogP contribution in [0.15, 0.2) is 54.6 Å². The van der Waals surface area contributed by atoms with E-state index in [1.165, 1.54) is 44.5 Å². The van der Waals surface area contributed by atoms with Gasteiger partial charge in [-0.2, -0.15) is 0 Å². The van der Waals surface area contributed by atoms with Crippen molar-refractivity contribution < 1.29 is 5.11 Å². The number of hydrogen-bond donors (Lipinski definition) is 5. The molecule has 0 radical (unpaired) electrons. The monoisotopic (exact) mass is 920 g/mol. The molecule has 70 heavy (non-hydrogen) atoms. The molecular formula is C61H60N8O. The lowest BCUT2D eigenvalue weighted by Crippen LogP contribution is -1.95. The number of hydrogen-bond acceptors (Lipinski definition) is 5. The van der Waals surface area contributed by atoms with Crippen LogP contribution in [0.5, 0.6) is 0 Å². The number of rotatable bonds is 9. The van der Waals surface area contributed by atoms with Gasteiger partial charge >= 0.3 is 0 Å². The van der Waals surface area contributed by atoms with Crippen molar-refractivity contribution in [2.75, 3.05) is 0 Å². The molecule has 0 spiro atoms. The molecule has 6 aromatic heterocycles. The van der Waals surface area contributed by atoms with Crippen LogP contribution in [0, 0.1) is 23.7 Å². The first-order valence-electron chi connectivity index (χ1n) is 25.2. The minimum absolute atomic E-state index is 0.193. The molecule has 9 nitrogen and oxygen atoms in total. The zero-order chi connectivity index (χ0) is 48.6. The Kier molecular flexibility index (Phi) is 12.7. The van der Waals surface area contributed by atoms with Gasteiger partial charge in [-0.3, -0.25) is 0 Å². The SMILES string of the molecule is CCC1=C(CC)c2nc1cc1[nH]c(cc3[nH]c(cc4nc(c2C#CC#Cc2c5nc(cc6ccc(cc7ccc([nH]7)c(CO)c7nc2C=C7)[nH]6)C=C5)C(CC)=C4CC)c(CC)c3CC)c(CC)c1CC. The van der Waals surface area contributed by atoms with Crippen LogP contribution in [-0.2, 0) is 32.3 Å². The van der Waals surface area contributed by atoms with E-state index >= 15 is 0 Å². The van der Waals surface area contributed by atoms with Crippen molar-refractivity contribution in [2.45, 2.75) is 113 Å². The molecule has 10 rings (SSSR count). The largest absolute Gasteiger partial charge is 0.392 e. The number of aromatic amines is 4. The Morgan fingerprint density at radius 2 is 0.871 bits per heavy atom. The maximum Gasteiger partial charge on any atom is 0.0851 e. The zero-order valence-electron chi connectivity index (χ0n) is 41.6. The molecule has 0 saturated heterocycles. The summed E-state index contributed by atoms with van der Waals surface area (Å²) in [6.45, 7) is 17.7. The van der Waals surface area contributed by atoms with E-state index in [1.54, 1.807) is 0 Å². The Morgan fingerprint density at radius 3 is 1.41 bits per heavy atom. The second kappa shape index (κ2) is 19.3. The highest BCUT2D eigenvalue weighted by Gasteiger charge is 2.27. The smallest absolute Gasteiger partial charge is 0.0851 e. The van der Waals surface area contributed by atoms with E-state index in [1.807, 2.05) is 60.7 Å². The first-order chi connectivity index (χ1) is 34.2. The quantitative estimate of drug-likeness (QED) is 0.0919. The van der Waals surface area contributed by atoms with E-state index in [0.29, 0.717) is 28.2 Å². The van der Waals surface area contributed by atoms with E-state index in [9.17, 15) is 5.11 Å². The van der Waals surface area contributed by atoms with Crippen molar-refractivity contribution in [1.82, 2.24) is 39.9 Å². The van der Waals surface area contributed by atoms with Crippen molar-refractivity contribution in [2.24, 2.45) is 0 Å². The number of nitrogens with one attached hydrogen (secondary N) is 4. The standard InChI is InChI=1S/C61H60N8O/c1-9-39-41(11-3)56-32-58-43(13-5)45(15-7)60(68-58)48(61-46(16-8)44(14-6)59(69-61)33-57-42(12-4)40(10-2)55(67-57)31-54(39)66-56)20-18-17-19-47-50-25-23-37(63-50)29-35-21-22-36(62-35)30-38-24-26-52(64-38)49(34-70)53-28-27-51(47)65-53/h21-33,62,64,66-67,70H,9-16,34H2,1-8H3. The average Bonchev–Trinajstić information content (AvgIpc) is 4.24. The predicted octanol–water partition coefficient (Wildman–Crippen LogP) is 13.9. The molecule has 0 fully saturated rings. The lowest BCUT2D eigenvalue weighted by atomic mass is 9.94. The van der Waals surface area contributed by atoms with Crippen LogP contribution in [0.1, 0.15) is 166 Å². The third-order valence-corrected chi connectivity index (χ3v) is 14.2. The normalized spacial score (nSPS) is 13.0. The van der Waals surface area contributed by atoms with Gasteiger partial charge in [-0.05, 0) is 198 Å². The first-order valence-corrected chi connectivity index (χ1v) is 25.2. The minimum Gasteiger partial charge on any atom is -0.392 e. The maximum absolute atomic E-state index is 10.7. The molecule has 10 heterocycles. The van der Waals surface area contributed by atoms with Gasteiger partial charge in [0.05, 0.1) is 63.3 Å². The van der Waals surface area contributed by atoms with Gasteiger partial charge in [-0.15, -0.1) is 0 Å². The highest BCUT2D eigenvalue weighted by Crippen LogP contribution is 2.42. The highest BCUT2D eigenvalue weighted by molar-refractivity contribution is 5.99. The van der Waals surface area contributed by atoms with Crippen LogP contribution >= 0.6 is 0 Å². The van der Waals surface area contributed by atoms with E-state index < -0.39 is 0 Å². The number of aliphatic hydroxyl groups excluding tert-OH is 1. The molecule has 0 unspecified atom stereocenters. The third-order valence-electron chi connectivity index (χ3n) is 14.2. The maximum atomic E-state index is 10.7. The van der Waals surface area contributed by atoms with Crippen molar-refractivity contribution in [3.05, 3.63) is 139 Å². The summed E-state index contributed by atoms with van der Waals surface area (Å²) in [5.74, 6) is 13.6. The minimum atomic E-state index is -0.193. The predicted molar refractivity (Wildman–Crippen MR) is 292 cm³/mol. The van der Waals surface area contributed by atoms with Crippen molar-refractivity contribution >= 4 is 90.7 Å². The molecule has 5 N–H and O–H groups in total. The molecule has 0 amide bonds. The van der Waals surface area contributed by atoms with Crippen molar-refractivity contribution in [3.8, 4) is 23.7 Å². The molecule has 0 aliphatic carbocycles. The summed E-state index contributed by atoms with van der Waals surface area (Å²) in [4.78, 5) is 35.9. The molecule has 0 aromatic carbocycles. The number of allylic oxidation sites excluding steroid dienone is 4. The molecule has 4 aliphatic heterocycles. The molecular weight excluding hydrogens is 861 g/mol. The van der Waals surface area contributed by atoms with Gasteiger partial charge in [0.25, 0.3) is 0 Å². The molecule has 9 heteroatoms. The Hall–Kier alpha value is -7.72. The van der Waals surface area contributed by atoms with Crippen LogP contribution in [0.3, 0.4) is 0 Å². The zero-order valence-corrected chi connectivity index (χ0v) is 41.6. The first kappa shape index (κ1) is 46.0. The number of nitrogens with zero attached hydrogens (tertiary/aromatic N) is 4. The van der Waals surface area contributed by atoms with Gasteiger partial charge in [0.2, 0.25) is 0 Å². The van der Waals surface area contributed by atoms with E-state index in [4.69, 9.17) is 19.9 Å². The lowest BCUT2D eigenvalue weighted by molar-refractivity contribution is 0.282. The lowest BCUT2D eigenvalue weighted by Gasteiger charge is -2.08. The van der Waals surface area contributed by atoms with E-state index in [-0.39, 0.29) is 6.61 Å². The van der Waals surface area contributed by atoms with Crippen LogP contribution in [-0.4, -0.2) is 45.0 Å². The van der Waals surface area contributed by atoms with Gasteiger partial charge in [-0.1, -0.05) is 55.4 Å². The fourth-order valence-corrected chi connectivity index (χ4v) is 10.9. The third kappa shape index (κ3) is 8.14. The van der Waals surface area contributed by atoms with Gasteiger partial charge in [0.1, 0.15) is 0 Å². The summed E-state index contributed by atoms with van der Waals surface area (Å²) in [6.07, 6.45) is 14.7. The summed E-state index contributed by atoms with van der Waals surface area (Å²) in [6, 6.07) is 19.0. The summed E-state index contributed by atoms with van der Waals surface area (Å²) in [5.41, 5.74) is 26.8. The molecule has 6 aromatic rings. The van der Waals surface area contributed by atoms with E-state index in [2.05, 4.69) is 117 Å². The van der Waals surface area contributed by atoms with Gasteiger partial charge in [0.15, 0.2) is 0 Å². The van der Waals surface area contributed by atoms with Crippen LogP contribution in [0.2, 0.25) is 0 Å². The number of aliphatic hydroxyl groups is 1. The Balaban J connectivity index is 1.28. The highest BCUT2D eigenvalue weighted by atomic mass is 16.3. The van der Waals surface area contributed by atoms with Gasteiger partial charge in [-0.25, -0.2) is 19.9 Å². The van der Waals surface area contributed by atoms with E-state index in [0.717, 1.165) is 130 Å². The molecule has 4 aliphatic rings. The van der Waals surface area contributed by atoms with Gasteiger partial charge in [0, 0.05) is 49.7 Å². The van der Waals surface area contributed by atoms with Gasteiger partial charge < -0.3 is 25.0 Å². The van der Waals surface area contributed by atoms with Crippen molar-refractivity contribution in [1.29, 1.82) is 0 Å². The molecule has 0 saturated carbocycles. The molecule has 0 atom stereocenters. The molecule has 16 bridgehead atoms. The fourth-order valence-electron chi connectivity index (χ4n) is 10.9. The summed E-state index contributed by atoms with van der Waals surface area (Å²) < 4.78 is 0. The fraction of sp³-hybridized carbons (Fsp3) is 0.279.